The molecule has 124 valence electrons. The van der Waals surface area contributed by atoms with Crippen molar-refractivity contribution in [2.45, 2.75) is 19.3 Å². The molecule has 0 aliphatic carbocycles. The minimum atomic E-state index is -1.03. The van der Waals surface area contributed by atoms with Crippen molar-refractivity contribution in [3.8, 4) is 0 Å². The highest BCUT2D eigenvalue weighted by molar-refractivity contribution is 6.09. The Kier molecular flexibility index (Phi) is 3.59. The molecule has 0 radical (unpaired) electrons. The lowest BCUT2D eigenvalue weighted by atomic mass is 9.86. The molecule has 0 spiro atoms. The SMILES string of the molecule is CN1C(=O)C(C)(C)c2cc(F)c(NC(=O)c3ccncc3)c(F)c21. The maximum atomic E-state index is 14.8. The molecule has 5 nitrogen and oxygen atoms in total. The third-order valence-corrected chi connectivity index (χ3v) is 4.22. The van der Waals surface area contributed by atoms with Gasteiger partial charge in [-0.05, 0) is 37.6 Å². The van der Waals surface area contributed by atoms with Crippen molar-refractivity contribution in [3.63, 3.8) is 0 Å². The first-order chi connectivity index (χ1) is 11.2. The lowest BCUT2D eigenvalue weighted by molar-refractivity contribution is -0.121. The predicted octanol–water partition coefficient (Wildman–Crippen LogP) is 2.87. The van der Waals surface area contributed by atoms with E-state index in [-0.39, 0.29) is 22.7 Å². The van der Waals surface area contributed by atoms with E-state index in [0.717, 1.165) is 11.0 Å². The van der Waals surface area contributed by atoms with Crippen LogP contribution in [0.2, 0.25) is 0 Å². The monoisotopic (exact) mass is 331 g/mol. The van der Waals surface area contributed by atoms with Crippen LogP contribution in [0.15, 0.2) is 30.6 Å². The number of nitrogens with zero attached hydrogens (tertiary/aromatic N) is 2. The van der Waals surface area contributed by atoms with E-state index in [9.17, 15) is 18.4 Å². The molecule has 1 aliphatic rings. The number of carbonyl (C=O) groups is 2. The topological polar surface area (TPSA) is 62.3 Å². The van der Waals surface area contributed by atoms with E-state index in [2.05, 4.69) is 10.3 Å². The highest BCUT2D eigenvalue weighted by atomic mass is 19.1. The molecule has 2 amide bonds. The van der Waals surface area contributed by atoms with Gasteiger partial charge in [-0.15, -0.1) is 0 Å². The summed E-state index contributed by atoms with van der Waals surface area (Å²) < 4.78 is 29.2. The van der Waals surface area contributed by atoms with Crippen molar-refractivity contribution in [1.29, 1.82) is 0 Å². The standard InChI is InChI=1S/C17H15F2N3O2/c1-17(2)10-8-11(18)13(12(19)14(10)22(3)16(17)24)21-15(23)9-4-6-20-7-5-9/h4-8H,1-3H3,(H,21,23). The molecular formula is C17H15F2N3O2. The molecule has 2 aromatic rings. The van der Waals surface area contributed by atoms with Gasteiger partial charge in [0.25, 0.3) is 5.91 Å². The molecule has 1 aromatic carbocycles. The quantitative estimate of drug-likeness (QED) is 0.920. The molecule has 1 aliphatic heterocycles. The van der Waals surface area contributed by atoms with Crippen molar-refractivity contribution < 1.29 is 18.4 Å². The van der Waals surface area contributed by atoms with Crippen LogP contribution in [0.4, 0.5) is 20.2 Å². The Hall–Kier alpha value is -2.83. The maximum absolute atomic E-state index is 14.8. The van der Waals surface area contributed by atoms with Crippen LogP contribution in [0.1, 0.15) is 29.8 Å². The summed E-state index contributed by atoms with van der Waals surface area (Å²) in [5, 5.41) is 2.23. The van der Waals surface area contributed by atoms with Gasteiger partial charge < -0.3 is 10.2 Å². The molecule has 0 fully saturated rings. The van der Waals surface area contributed by atoms with E-state index < -0.39 is 28.6 Å². The van der Waals surface area contributed by atoms with E-state index in [1.165, 1.54) is 31.6 Å². The predicted molar refractivity (Wildman–Crippen MR) is 85.0 cm³/mol. The number of benzene rings is 1. The van der Waals surface area contributed by atoms with E-state index in [4.69, 9.17) is 0 Å². The van der Waals surface area contributed by atoms with Gasteiger partial charge in [-0.25, -0.2) is 8.78 Å². The van der Waals surface area contributed by atoms with Gasteiger partial charge in [-0.2, -0.15) is 0 Å². The molecule has 2 heterocycles. The fourth-order valence-corrected chi connectivity index (χ4v) is 2.85. The van der Waals surface area contributed by atoms with Crippen LogP contribution in [0, 0.1) is 11.6 Å². The maximum Gasteiger partial charge on any atom is 0.255 e. The third kappa shape index (κ3) is 2.24. The van der Waals surface area contributed by atoms with Crippen LogP contribution in [0.3, 0.4) is 0 Å². The number of pyridine rings is 1. The number of hydrogen-bond acceptors (Lipinski definition) is 3. The van der Waals surface area contributed by atoms with Crippen molar-refractivity contribution in [2.75, 3.05) is 17.3 Å². The highest BCUT2D eigenvalue weighted by Crippen LogP contribution is 2.45. The first kappa shape index (κ1) is 16.0. The summed E-state index contributed by atoms with van der Waals surface area (Å²) in [6, 6.07) is 3.95. The Morgan fingerprint density at radius 2 is 1.88 bits per heavy atom. The van der Waals surface area contributed by atoms with Gasteiger partial charge >= 0.3 is 0 Å². The van der Waals surface area contributed by atoms with Crippen molar-refractivity contribution >= 4 is 23.2 Å². The average Bonchev–Trinajstić information content (AvgIpc) is 2.73. The van der Waals surface area contributed by atoms with Gasteiger partial charge in [0.15, 0.2) is 5.82 Å². The van der Waals surface area contributed by atoms with Crippen LogP contribution in [-0.2, 0) is 10.2 Å². The van der Waals surface area contributed by atoms with Gasteiger partial charge in [-0.1, -0.05) is 0 Å². The second kappa shape index (κ2) is 5.36. The Morgan fingerprint density at radius 3 is 2.50 bits per heavy atom. The number of rotatable bonds is 2. The summed E-state index contributed by atoms with van der Waals surface area (Å²) in [5.41, 5.74) is -1.15. The van der Waals surface area contributed by atoms with Gasteiger partial charge in [-0.3, -0.25) is 14.6 Å². The Labute approximate surface area is 137 Å². The molecule has 7 heteroatoms. The molecule has 0 unspecified atom stereocenters. The first-order valence-electron chi connectivity index (χ1n) is 7.27. The number of hydrogen-bond donors (Lipinski definition) is 1. The summed E-state index contributed by atoms with van der Waals surface area (Å²) in [4.78, 5) is 29.3. The fraction of sp³-hybridized carbons (Fsp3) is 0.235. The molecule has 1 aromatic heterocycles. The van der Waals surface area contributed by atoms with Gasteiger partial charge in [0.1, 0.15) is 11.5 Å². The Bertz CT molecular complexity index is 851. The summed E-state index contributed by atoms with van der Waals surface area (Å²) >= 11 is 0. The van der Waals surface area contributed by atoms with Crippen LogP contribution in [-0.4, -0.2) is 23.8 Å². The number of nitrogens with one attached hydrogen (secondary N) is 1. The molecule has 0 atom stereocenters. The van der Waals surface area contributed by atoms with Crippen molar-refractivity contribution in [3.05, 3.63) is 53.4 Å². The summed E-state index contributed by atoms with van der Waals surface area (Å²) in [7, 11) is 1.42. The average molecular weight is 331 g/mol. The van der Waals surface area contributed by atoms with Crippen LogP contribution >= 0.6 is 0 Å². The second-order valence-electron chi connectivity index (χ2n) is 6.12. The smallest absolute Gasteiger partial charge is 0.255 e. The summed E-state index contributed by atoms with van der Waals surface area (Å²) in [6.07, 6.45) is 2.80. The molecule has 0 saturated carbocycles. The van der Waals surface area contributed by atoms with Gasteiger partial charge in [0, 0.05) is 25.0 Å². The molecule has 0 saturated heterocycles. The number of aromatic nitrogens is 1. The minimum Gasteiger partial charge on any atom is -0.317 e. The first-order valence-corrected chi connectivity index (χ1v) is 7.27. The van der Waals surface area contributed by atoms with Gasteiger partial charge in [0.2, 0.25) is 5.91 Å². The number of likely N-dealkylation sites (N-methyl/N-ethyl adjacent to an activating group) is 1. The number of carbonyl (C=O) groups excluding carboxylic acids is 2. The number of fused-ring (bicyclic) bond motifs is 1. The van der Waals surface area contributed by atoms with Crippen LogP contribution in [0.5, 0.6) is 0 Å². The lowest BCUT2D eigenvalue weighted by Crippen LogP contribution is -2.33. The Balaban J connectivity index is 2.06. The van der Waals surface area contributed by atoms with Crippen molar-refractivity contribution in [2.24, 2.45) is 0 Å². The molecule has 3 rings (SSSR count). The van der Waals surface area contributed by atoms with Crippen molar-refractivity contribution in [1.82, 2.24) is 4.98 Å². The minimum absolute atomic E-state index is 0.0172. The van der Waals surface area contributed by atoms with E-state index in [1.54, 1.807) is 13.8 Å². The summed E-state index contributed by atoms with van der Waals surface area (Å²) in [6.45, 7) is 3.21. The van der Waals surface area contributed by atoms with E-state index in [0.29, 0.717) is 0 Å². The molecule has 24 heavy (non-hydrogen) atoms. The zero-order chi connectivity index (χ0) is 17.6. The van der Waals surface area contributed by atoms with E-state index >= 15 is 0 Å². The highest BCUT2D eigenvalue weighted by Gasteiger charge is 2.45. The zero-order valence-corrected chi connectivity index (χ0v) is 13.4. The zero-order valence-electron chi connectivity index (χ0n) is 13.4. The number of halogens is 2. The molecule has 1 N–H and O–H groups in total. The lowest BCUT2D eigenvalue weighted by Gasteiger charge is -2.16. The normalized spacial score (nSPS) is 15.4. The van der Waals surface area contributed by atoms with E-state index in [1.807, 2.05) is 0 Å². The third-order valence-electron chi connectivity index (χ3n) is 4.22. The Morgan fingerprint density at radius 1 is 1.25 bits per heavy atom. The largest absolute Gasteiger partial charge is 0.317 e. The van der Waals surface area contributed by atoms with Crippen LogP contribution < -0.4 is 10.2 Å². The van der Waals surface area contributed by atoms with Crippen LogP contribution in [0.25, 0.3) is 0 Å². The molecular weight excluding hydrogens is 316 g/mol. The summed E-state index contributed by atoms with van der Waals surface area (Å²) in [5.74, 6) is -2.89. The fourth-order valence-electron chi connectivity index (χ4n) is 2.85. The van der Waals surface area contributed by atoms with Gasteiger partial charge in [0.05, 0.1) is 11.1 Å². The number of amides is 2. The molecule has 0 bridgehead atoms. The number of anilines is 2. The second-order valence-corrected chi connectivity index (χ2v) is 6.12.